The van der Waals surface area contributed by atoms with Gasteiger partial charge in [-0.05, 0) is 36.4 Å². The summed E-state index contributed by atoms with van der Waals surface area (Å²) in [7, 11) is 0. The van der Waals surface area contributed by atoms with Crippen molar-refractivity contribution in [1.82, 2.24) is 0 Å². The molecule has 17 heavy (non-hydrogen) atoms. The van der Waals surface area contributed by atoms with Gasteiger partial charge >= 0.3 is 0 Å². The lowest BCUT2D eigenvalue weighted by atomic mass is 10.2. The molecule has 0 aliphatic heterocycles. The van der Waals surface area contributed by atoms with Gasteiger partial charge in [-0.3, -0.25) is 0 Å². The fourth-order valence-corrected chi connectivity index (χ4v) is 1.88. The highest BCUT2D eigenvalue weighted by molar-refractivity contribution is 9.10. The molecule has 0 aliphatic rings. The third-order valence-corrected chi connectivity index (χ3v) is 3.06. The minimum absolute atomic E-state index is 0.289. The second-order valence-corrected chi connectivity index (χ2v) is 4.80. The zero-order valence-electron chi connectivity index (χ0n) is 8.78. The fourth-order valence-electron chi connectivity index (χ4n) is 1.37. The molecule has 1 N–H and O–H groups in total. The maximum absolute atomic E-state index is 13.0. The number of nitrogens with one attached hydrogen (secondary N) is 1. The average molecular weight is 310 g/mol. The molecule has 0 amide bonds. The largest absolute Gasteiger partial charge is 0.346 e. The van der Waals surface area contributed by atoms with Gasteiger partial charge in [0.2, 0.25) is 0 Å². The standard InChI is InChI=1S/C13H9BrFNS/c14-10-4-6-12(7-5-10)16-13(17)9-2-1-3-11(15)8-9/h1-8H,(H,16,17). The zero-order chi connectivity index (χ0) is 12.3. The van der Waals surface area contributed by atoms with Crippen LogP contribution in [0.1, 0.15) is 5.56 Å². The predicted octanol–water partition coefficient (Wildman–Crippen LogP) is 4.38. The van der Waals surface area contributed by atoms with Crippen molar-refractivity contribution in [3.63, 3.8) is 0 Å². The van der Waals surface area contributed by atoms with Crippen molar-refractivity contribution in [3.05, 3.63) is 64.4 Å². The Hall–Kier alpha value is -1.26. The summed E-state index contributed by atoms with van der Waals surface area (Å²) in [5.41, 5.74) is 1.55. The van der Waals surface area contributed by atoms with Crippen molar-refractivity contribution in [1.29, 1.82) is 0 Å². The minimum atomic E-state index is -0.289. The molecular formula is C13H9BrFNS. The Kier molecular flexibility index (Phi) is 3.86. The zero-order valence-corrected chi connectivity index (χ0v) is 11.2. The molecule has 0 saturated heterocycles. The average Bonchev–Trinajstić information content (AvgIpc) is 2.32. The summed E-state index contributed by atoms with van der Waals surface area (Å²) >= 11 is 8.56. The molecule has 1 nitrogen and oxygen atoms in total. The summed E-state index contributed by atoms with van der Waals surface area (Å²) in [6.07, 6.45) is 0. The van der Waals surface area contributed by atoms with Gasteiger partial charge < -0.3 is 5.32 Å². The number of rotatable bonds is 2. The van der Waals surface area contributed by atoms with Gasteiger partial charge in [0, 0.05) is 15.7 Å². The van der Waals surface area contributed by atoms with E-state index in [9.17, 15) is 4.39 Å². The second-order valence-electron chi connectivity index (χ2n) is 3.47. The molecule has 0 heterocycles. The first kappa shape index (κ1) is 12.2. The fraction of sp³-hybridized carbons (Fsp3) is 0. The van der Waals surface area contributed by atoms with E-state index in [2.05, 4.69) is 21.2 Å². The van der Waals surface area contributed by atoms with Crippen LogP contribution in [0.2, 0.25) is 0 Å². The molecule has 0 aromatic heterocycles. The minimum Gasteiger partial charge on any atom is -0.346 e. The van der Waals surface area contributed by atoms with Crippen LogP contribution in [0.15, 0.2) is 53.0 Å². The van der Waals surface area contributed by atoms with Gasteiger partial charge in [-0.2, -0.15) is 0 Å². The Labute approximate surface area is 113 Å². The Balaban J connectivity index is 2.14. The Bertz CT molecular complexity index is 539. The SMILES string of the molecule is Fc1cccc(C(=S)Nc2ccc(Br)cc2)c1. The van der Waals surface area contributed by atoms with Crippen molar-refractivity contribution in [2.45, 2.75) is 0 Å². The quantitative estimate of drug-likeness (QED) is 0.826. The van der Waals surface area contributed by atoms with E-state index in [1.165, 1.54) is 12.1 Å². The smallest absolute Gasteiger partial charge is 0.123 e. The number of hydrogen-bond donors (Lipinski definition) is 1. The molecule has 0 bridgehead atoms. The second kappa shape index (κ2) is 5.38. The number of hydrogen-bond acceptors (Lipinski definition) is 1. The monoisotopic (exact) mass is 309 g/mol. The third-order valence-electron chi connectivity index (χ3n) is 2.19. The summed E-state index contributed by atoms with van der Waals surface area (Å²) in [6.45, 7) is 0. The van der Waals surface area contributed by atoms with E-state index in [4.69, 9.17) is 12.2 Å². The summed E-state index contributed by atoms with van der Waals surface area (Å²) in [6, 6.07) is 13.8. The van der Waals surface area contributed by atoms with Crippen molar-refractivity contribution in [3.8, 4) is 0 Å². The summed E-state index contributed by atoms with van der Waals surface area (Å²) < 4.78 is 14.0. The molecule has 0 radical (unpaired) electrons. The van der Waals surface area contributed by atoms with E-state index in [-0.39, 0.29) is 5.82 Å². The Morgan fingerprint density at radius 3 is 2.47 bits per heavy atom. The van der Waals surface area contributed by atoms with Gasteiger partial charge in [0.15, 0.2) is 0 Å². The van der Waals surface area contributed by atoms with Crippen molar-refractivity contribution >= 4 is 38.8 Å². The summed E-state index contributed by atoms with van der Waals surface area (Å²) in [5, 5.41) is 3.06. The molecule has 2 aromatic carbocycles. The Morgan fingerprint density at radius 1 is 1.12 bits per heavy atom. The lowest BCUT2D eigenvalue weighted by Gasteiger charge is -2.08. The molecular weight excluding hydrogens is 301 g/mol. The first-order chi connectivity index (χ1) is 8.15. The van der Waals surface area contributed by atoms with Gasteiger partial charge in [-0.15, -0.1) is 0 Å². The highest BCUT2D eigenvalue weighted by Crippen LogP contribution is 2.15. The van der Waals surface area contributed by atoms with Crippen LogP contribution < -0.4 is 5.32 Å². The highest BCUT2D eigenvalue weighted by Gasteiger charge is 2.02. The number of benzene rings is 2. The molecule has 4 heteroatoms. The molecule has 2 rings (SSSR count). The van der Waals surface area contributed by atoms with Crippen molar-refractivity contribution < 1.29 is 4.39 Å². The first-order valence-electron chi connectivity index (χ1n) is 4.97. The van der Waals surface area contributed by atoms with Gasteiger partial charge in [-0.25, -0.2) is 4.39 Å². The predicted molar refractivity (Wildman–Crippen MR) is 75.9 cm³/mol. The lowest BCUT2D eigenvalue weighted by molar-refractivity contribution is 0.627. The number of anilines is 1. The van der Waals surface area contributed by atoms with E-state index >= 15 is 0 Å². The summed E-state index contributed by atoms with van der Waals surface area (Å²) in [5.74, 6) is -0.289. The van der Waals surface area contributed by atoms with Gasteiger partial charge in [0.05, 0.1) is 0 Å². The molecule has 0 aliphatic carbocycles. The van der Waals surface area contributed by atoms with Crippen LogP contribution >= 0.6 is 28.1 Å². The Morgan fingerprint density at radius 2 is 1.82 bits per heavy atom. The first-order valence-corrected chi connectivity index (χ1v) is 6.18. The molecule has 86 valence electrons. The van der Waals surface area contributed by atoms with Crippen LogP contribution in [0.3, 0.4) is 0 Å². The lowest BCUT2D eigenvalue weighted by Crippen LogP contribution is -2.10. The highest BCUT2D eigenvalue weighted by atomic mass is 79.9. The molecule has 0 spiro atoms. The van der Waals surface area contributed by atoms with Crippen LogP contribution in [-0.4, -0.2) is 4.99 Å². The van der Waals surface area contributed by atoms with Crippen LogP contribution in [0, 0.1) is 5.82 Å². The van der Waals surface area contributed by atoms with E-state index in [1.807, 2.05) is 24.3 Å². The van der Waals surface area contributed by atoms with Crippen LogP contribution in [0.25, 0.3) is 0 Å². The van der Waals surface area contributed by atoms with E-state index < -0.39 is 0 Å². The van der Waals surface area contributed by atoms with Gasteiger partial charge in [-0.1, -0.05) is 40.3 Å². The van der Waals surface area contributed by atoms with Crippen LogP contribution in [0.4, 0.5) is 10.1 Å². The topological polar surface area (TPSA) is 12.0 Å². The maximum Gasteiger partial charge on any atom is 0.123 e. The number of thiocarbonyl (C=S) groups is 1. The van der Waals surface area contributed by atoms with E-state index in [0.29, 0.717) is 10.6 Å². The van der Waals surface area contributed by atoms with Crippen LogP contribution in [-0.2, 0) is 0 Å². The molecule has 2 aromatic rings. The normalized spacial score (nSPS) is 10.0. The molecule has 0 unspecified atom stereocenters. The van der Waals surface area contributed by atoms with Gasteiger partial charge in [0.25, 0.3) is 0 Å². The molecule has 0 atom stereocenters. The maximum atomic E-state index is 13.0. The third kappa shape index (κ3) is 3.35. The van der Waals surface area contributed by atoms with Crippen molar-refractivity contribution in [2.24, 2.45) is 0 Å². The number of halogens is 2. The molecule has 0 saturated carbocycles. The van der Waals surface area contributed by atoms with E-state index in [1.54, 1.807) is 12.1 Å². The van der Waals surface area contributed by atoms with Crippen LogP contribution in [0.5, 0.6) is 0 Å². The van der Waals surface area contributed by atoms with Crippen molar-refractivity contribution in [2.75, 3.05) is 5.32 Å². The van der Waals surface area contributed by atoms with Gasteiger partial charge in [0.1, 0.15) is 10.8 Å². The molecule has 0 fully saturated rings. The summed E-state index contributed by atoms with van der Waals surface area (Å²) in [4.78, 5) is 0.506. The van der Waals surface area contributed by atoms with E-state index in [0.717, 1.165) is 10.2 Å².